The van der Waals surface area contributed by atoms with Crippen LogP contribution in [-0.4, -0.2) is 22.1 Å². The first kappa shape index (κ1) is 19.0. The third-order valence-corrected chi connectivity index (χ3v) is 5.58. The summed E-state index contributed by atoms with van der Waals surface area (Å²) in [6.07, 6.45) is 3.42. The van der Waals surface area contributed by atoms with Crippen molar-refractivity contribution < 1.29 is 9.53 Å². The molecule has 0 spiro atoms. The topological polar surface area (TPSA) is 73.6 Å². The van der Waals surface area contributed by atoms with E-state index in [1.807, 2.05) is 48.5 Å². The molecule has 146 valence electrons. The predicted molar refractivity (Wildman–Crippen MR) is 111 cm³/mol. The lowest BCUT2D eigenvalue weighted by molar-refractivity contribution is -0.139. The molecule has 3 heterocycles. The molecule has 0 saturated carbocycles. The molecule has 0 N–H and O–H groups in total. The van der Waals surface area contributed by atoms with Gasteiger partial charge in [0.2, 0.25) is 0 Å². The van der Waals surface area contributed by atoms with Crippen molar-refractivity contribution in [3.05, 3.63) is 96.9 Å². The zero-order chi connectivity index (χ0) is 20.4. The normalized spacial score (nSPS) is 16.3. The fraction of sp³-hybridized carbons (Fsp3) is 0.182. The summed E-state index contributed by atoms with van der Waals surface area (Å²) in [5, 5.41) is 0. The SMILES string of the molecule is CCOC(=O)C1=C(C)N=c2sc(=Cc3ccccn3)c(=O)n2[C@@H]1c1ccccc1. The first-order valence-electron chi connectivity index (χ1n) is 9.25. The molecule has 3 aromatic rings. The van der Waals surface area contributed by atoms with E-state index in [-0.39, 0.29) is 12.2 Å². The van der Waals surface area contributed by atoms with Gasteiger partial charge in [-0.15, -0.1) is 0 Å². The second kappa shape index (κ2) is 7.97. The van der Waals surface area contributed by atoms with Crippen LogP contribution < -0.4 is 14.9 Å². The van der Waals surface area contributed by atoms with Gasteiger partial charge in [-0.05, 0) is 37.6 Å². The van der Waals surface area contributed by atoms with Gasteiger partial charge in [0, 0.05) is 6.20 Å². The summed E-state index contributed by atoms with van der Waals surface area (Å²) in [6, 6.07) is 14.4. The highest BCUT2D eigenvalue weighted by Gasteiger charge is 2.33. The maximum Gasteiger partial charge on any atom is 0.338 e. The van der Waals surface area contributed by atoms with Crippen LogP contribution >= 0.6 is 11.3 Å². The molecule has 1 aliphatic rings. The van der Waals surface area contributed by atoms with E-state index in [9.17, 15) is 9.59 Å². The quantitative estimate of drug-likeness (QED) is 0.624. The second-order valence-corrected chi connectivity index (χ2v) is 7.48. The molecule has 1 aliphatic heterocycles. The molecule has 1 aromatic carbocycles. The van der Waals surface area contributed by atoms with Gasteiger partial charge in [0.1, 0.15) is 0 Å². The van der Waals surface area contributed by atoms with Crippen LogP contribution in [0.3, 0.4) is 0 Å². The Morgan fingerprint density at radius 3 is 2.66 bits per heavy atom. The Labute approximate surface area is 171 Å². The van der Waals surface area contributed by atoms with Gasteiger partial charge in [-0.2, -0.15) is 0 Å². The van der Waals surface area contributed by atoms with Crippen molar-refractivity contribution in [2.24, 2.45) is 4.99 Å². The van der Waals surface area contributed by atoms with Crippen LogP contribution in [0.15, 0.2) is 75.8 Å². The van der Waals surface area contributed by atoms with Crippen molar-refractivity contribution in [1.29, 1.82) is 0 Å². The number of allylic oxidation sites excluding steroid dienone is 1. The highest BCUT2D eigenvalue weighted by Crippen LogP contribution is 2.30. The molecule has 7 heteroatoms. The van der Waals surface area contributed by atoms with Crippen molar-refractivity contribution >= 4 is 23.4 Å². The fourth-order valence-electron chi connectivity index (χ4n) is 3.34. The molecule has 4 rings (SSSR count). The Kier molecular flexibility index (Phi) is 5.22. The molecule has 1 atom stereocenters. The fourth-order valence-corrected chi connectivity index (χ4v) is 4.37. The Bertz CT molecular complexity index is 1260. The van der Waals surface area contributed by atoms with E-state index >= 15 is 0 Å². The van der Waals surface area contributed by atoms with Crippen molar-refractivity contribution in [2.45, 2.75) is 19.9 Å². The zero-order valence-electron chi connectivity index (χ0n) is 16.0. The molecule has 0 unspecified atom stereocenters. The number of ether oxygens (including phenoxy) is 1. The van der Waals surface area contributed by atoms with Crippen LogP contribution in [0, 0.1) is 0 Å². The van der Waals surface area contributed by atoms with Gasteiger partial charge in [-0.3, -0.25) is 14.3 Å². The number of thiazole rings is 1. The number of nitrogens with zero attached hydrogens (tertiary/aromatic N) is 3. The highest BCUT2D eigenvalue weighted by atomic mass is 32.1. The van der Waals surface area contributed by atoms with Gasteiger partial charge in [0.05, 0.1) is 34.1 Å². The lowest BCUT2D eigenvalue weighted by Gasteiger charge is -2.24. The number of benzene rings is 1. The van der Waals surface area contributed by atoms with Crippen molar-refractivity contribution in [2.75, 3.05) is 6.61 Å². The number of fused-ring (bicyclic) bond motifs is 1. The van der Waals surface area contributed by atoms with Gasteiger partial charge in [-0.1, -0.05) is 47.7 Å². The molecular weight excluding hydrogens is 386 g/mol. The van der Waals surface area contributed by atoms with Crippen molar-refractivity contribution in [3.8, 4) is 0 Å². The van der Waals surface area contributed by atoms with E-state index in [1.165, 1.54) is 11.3 Å². The molecule has 0 radical (unpaired) electrons. The first-order chi connectivity index (χ1) is 14.1. The van der Waals surface area contributed by atoms with E-state index in [1.54, 1.807) is 30.7 Å². The number of hydrogen-bond donors (Lipinski definition) is 0. The number of aromatic nitrogens is 2. The van der Waals surface area contributed by atoms with Crippen LogP contribution in [0.2, 0.25) is 0 Å². The lowest BCUT2D eigenvalue weighted by atomic mass is 9.96. The van der Waals surface area contributed by atoms with Gasteiger partial charge in [-0.25, -0.2) is 9.79 Å². The number of esters is 1. The standard InChI is InChI=1S/C22H19N3O3S/c1-3-28-21(27)18-14(2)24-22-25(19(18)15-9-5-4-6-10-15)20(26)17(29-22)13-16-11-7-8-12-23-16/h4-13,19H,3H2,1-2H3/t19-/m1/s1. The van der Waals surface area contributed by atoms with Crippen LogP contribution in [-0.2, 0) is 9.53 Å². The molecule has 0 fully saturated rings. The number of rotatable bonds is 4. The molecule has 0 bridgehead atoms. The maximum atomic E-state index is 13.3. The second-order valence-electron chi connectivity index (χ2n) is 6.47. The minimum Gasteiger partial charge on any atom is -0.463 e. The Hall–Kier alpha value is -3.32. The molecular formula is C22H19N3O3S. The van der Waals surface area contributed by atoms with Gasteiger partial charge < -0.3 is 4.74 Å². The largest absolute Gasteiger partial charge is 0.463 e. The zero-order valence-corrected chi connectivity index (χ0v) is 16.8. The molecule has 0 aliphatic carbocycles. The number of hydrogen-bond acceptors (Lipinski definition) is 6. The predicted octanol–water partition coefficient (Wildman–Crippen LogP) is 2.19. The third-order valence-electron chi connectivity index (χ3n) is 4.60. The smallest absolute Gasteiger partial charge is 0.338 e. The van der Waals surface area contributed by atoms with E-state index in [0.29, 0.717) is 26.3 Å². The minimum absolute atomic E-state index is 0.206. The van der Waals surface area contributed by atoms with E-state index in [0.717, 1.165) is 5.56 Å². The van der Waals surface area contributed by atoms with E-state index in [2.05, 4.69) is 9.98 Å². The van der Waals surface area contributed by atoms with Crippen LogP contribution in [0.4, 0.5) is 0 Å². The van der Waals surface area contributed by atoms with Gasteiger partial charge >= 0.3 is 5.97 Å². The molecule has 6 nitrogen and oxygen atoms in total. The van der Waals surface area contributed by atoms with Crippen LogP contribution in [0.25, 0.3) is 6.08 Å². The monoisotopic (exact) mass is 405 g/mol. The molecule has 0 saturated heterocycles. The first-order valence-corrected chi connectivity index (χ1v) is 10.1. The Morgan fingerprint density at radius 1 is 1.21 bits per heavy atom. The maximum absolute atomic E-state index is 13.3. The Balaban J connectivity index is 1.96. The van der Waals surface area contributed by atoms with Crippen LogP contribution in [0.5, 0.6) is 0 Å². The summed E-state index contributed by atoms with van der Waals surface area (Å²) in [6.45, 7) is 3.78. The summed E-state index contributed by atoms with van der Waals surface area (Å²) in [5.41, 5.74) is 2.26. The summed E-state index contributed by atoms with van der Waals surface area (Å²) in [4.78, 5) is 35.4. The summed E-state index contributed by atoms with van der Waals surface area (Å²) >= 11 is 1.29. The van der Waals surface area contributed by atoms with Gasteiger partial charge in [0.15, 0.2) is 4.80 Å². The Morgan fingerprint density at radius 2 is 1.97 bits per heavy atom. The summed E-state index contributed by atoms with van der Waals surface area (Å²) in [7, 11) is 0. The molecule has 2 aromatic heterocycles. The van der Waals surface area contributed by atoms with E-state index < -0.39 is 12.0 Å². The number of carbonyl (C=O) groups is 1. The van der Waals surface area contributed by atoms with Crippen molar-refractivity contribution in [1.82, 2.24) is 9.55 Å². The molecule has 29 heavy (non-hydrogen) atoms. The average molecular weight is 405 g/mol. The highest BCUT2D eigenvalue weighted by molar-refractivity contribution is 7.07. The number of pyridine rings is 1. The molecule has 0 amide bonds. The van der Waals surface area contributed by atoms with Crippen molar-refractivity contribution in [3.63, 3.8) is 0 Å². The lowest BCUT2D eigenvalue weighted by Crippen LogP contribution is -2.39. The summed E-state index contributed by atoms with van der Waals surface area (Å²) in [5.74, 6) is -0.457. The van der Waals surface area contributed by atoms with Crippen LogP contribution in [0.1, 0.15) is 31.1 Å². The average Bonchev–Trinajstić information content (AvgIpc) is 3.03. The van der Waals surface area contributed by atoms with Gasteiger partial charge in [0.25, 0.3) is 5.56 Å². The van der Waals surface area contributed by atoms with E-state index in [4.69, 9.17) is 4.74 Å². The number of carbonyl (C=O) groups excluding carboxylic acids is 1. The minimum atomic E-state index is -0.586. The summed E-state index contributed by atoms with van der Waals surface area (Å²) < 4.78 is 7.37. The third kappa shape index (κ3) is 3.56.